The van der Waals surface area contributed by atoms with E-state index < -0.39 is 0 Å². The molecule has 4 heteroatoms. The zero-order chi connectivity index (χ0) is 9.40. The van der Waals surface area contributed by atoms with Crippen LogP contribution in [0.2, 0.25) is 0 Å². The van der Waals surface area contributed by atoms with Crippen LogP contribution in [-0.2, 0) is 4.79 Å². The predicted molar refractivity (Wildman–Crippen MR) is 49.3 cm³/mol. The van der Waals surface area contributed by atoms with E-state index in [2.05, 4.69) is 5.32 Å². The molecule has 1 amide bonds. The number of carbonyl (C=O) groups is 1. The normalized spacial score (nSPS) is 12.6. The molecule has 12 heavy (non-hydrogen) atoms. The molecule has 3 nitrogen and oxygen atoms in total. The third-order valence-electron chi connectivity index (χ3n) is 1.66. The zero-order valence-corrected chi connectivity index (χ0v) is 8.10. The maximum Gasteiger partial charge on any atom is 0.221 e. The summed E-state index contributed by atoms with van der Waals surface area (Å²) in [6, 6.07) is 0.0886. The molecule has 2 N–H and O–H groups in total. The van der Waals surface area contributed by atoms with Crippen LogP contribution in [0.4, 0.5) is 0 Å². The average Bonchev–Trinajstić information content (AvgIpc) is 2.04. The fourth-order valence-electron chi connectivity index (χ4n) is 0.920. The lowest BCUT2D eigenvalue weighted by molar-refractivity contribution is -0.121. The van der Waals surface area contributed by atoms with Crippen molar-refractivity contribution in [2.45, 2.75) is 32.2 Å². The van der Waals surface area contributed by atoms with Gasteiger partial charge in [-0.15, -0.1) is 11.6 Å². The lowest BCUT2D eigenvalue weighted by atomic mass is 10.1. The van der Waals surface area contributed by atoms with Gasteiger partial charge in [-0.25, -0.2) is 0 Å². The second kappa shape index (κ2) is 7.37. The molecule has 0 saturated carbocycles. The summed E-state index contributed by atoms with van der Waals surface area (Å²) >= 11 is 5.39. The van der Waals surface area contributed by atoms with Crippen LogP contribution >= 0.6 is 11.6 Å². The summed E-state index contributed by atoms with van der Waals surface area (Å²) in [6.45, 7) is 2.08. The SMILES string of the molecule is CCC(CCO)NC(=O)CCCl. The lowest BCUT2D eigenvalue weighted by Gasteiger charge is -2.14. The number of nitrogens with one attached hydrogen (secondary N) is 1. The molecular weight excluding hydrogens is 178 g/mol. The van der Waals surface area contributed by atoms with Crippen LogP contribution in [-0.4, -0.2) is 29.5 Å². The number of rotatable bonds is 6. The van der Waals surface area contributed by atoms with Gasteiger partial charge in [-0.2, -0.15) is 0 Å². The van der Waals surface area contributed by atoms with Gasteiger partial charge >= 0.3 is 0 Å². The smallest absolute Gasteiger partial charge is 0.221 e. The van der Waals surface area contributed by atoms with Crippen LogP contribution in [0.15, 0.2) is 0 Å². The van der Waals surface area contributed by atoms with E-state index in [1.807, 2.05) is 6.92 Å². The second-order valence-electron chi connectivity index (χ2n) is 2.62. The van der Waals surface area contributed by atoms with E-state index >= 15 is 0 Å². The topological polar surface area (TPSA) is 49.3 Å². The Kier molecular flexibility index (Phi) is 7.20. The summed E-state index contributed by atoms with van der Waals surface area (Å²) in [7, 11) is 0. The van der Waals surface area contributed by atoms with Gasteiger partial charge in [-0.1, -0.05) is 6.92 Å². The molecule has 0 fully saturated rings. The van der Waals surface area contributed by atoms with E-state index in [9.17, 15) is 4.79 Å². The third kappa shape index (κ3) is 5.38. The number of alkyl halides is 1. The van der Waals surface area contributed by atoms with Gasteiger partial charge < -0.3 is 10.4 Å². The highest BCUT2D eigenvalue weighted by atomic mass is 35.5. The number of aliphatic hydroxyl groups excluding tert-OH is 1. The van der Waals surface area contributed by atoms with Crippen molar-refractivity contribution in [3.63, 3.8) is 0 Å². The minimum atomic E-state index is -0.0368. The summed E-state index contributed by atoms with van der Waals surface area (Å²) < 4.78 is 0. The van der Waals surface area contributed by atoms with Crippen LogP contribution in [0, 0.1) is 0 Å². The van der Waals surface area contributed by atoms with Crippen LogP contribution in [0.1, 0.15) is 26.2 Å². The van der Waals surface area contributed by atoms with E-state index in [1.54, 1.807) is 0 Å². The summed E-state index contributed by atoms with van der Waals surface area (Å²) in [5.74, 6) is 0.312. The van der Waals surface area contributed by atoms with E-state index in [0.29, 0.717) is 18.7 Å². The van der Waals surface area contributed by atoms with Crippen molar-refractivity contribution in [2.75, 3.05) is 12.5 Å². The van der Waals surface area contributed by atoms with Crippen molar-refractivity contribution < 1.29 is 9.90 Å². The zero-order valence-electron chi connectivity index (χ0n) is 7.35. The molecule has 0 aromatic carbocycles. The summed E-state index contributed by atoms with van der Waals surface area (Å²) in [4.78, 5) is 11.0. The molecule has 0 spiro atoms. The van der Waals surface area contributed by atoms with Crippen molar-refractivity contribution in [1.82, 2.24) is 5.32 Å². The first-order valence-electron chi connectivity index (χ1n) is 4.20. The van der Waals surface area contributed by atoms with Gasteiger partial charge in [-0.3, -0.25) is 4.79 Å². The largest absolute Gasteiger partial charge is 0.396 e. The summed E-state index contributed by atoms with van der Waals surface area (Å²) in [5, 5.41) is 11.4. The maximum atomic E-state index is 11.0. The van der Waals surface area contributed by atoms with Gasteiger partial charge in [0.25, 0.3) is 0 Å². The molecule has 0 bridgehead atoms. The van der Waals surface area contributed by atoms with E-state index in [1.165, 1.54) is 0 Å². The molecule has 0 rings (SSSR count). The number of carbonyl (C=O) groups excluding carboxylic acids is 1. The fourth-order valence-corrected chi connectivity index (χ4v) is 1.09. The molecule has 1 unspecified atom stereocenters. The van der Waals surface area contributed by atoms with Crippen LogP contribution in [0.3, 0.4) is 0 Å². The number of halogens is 1. The standard InChI is InChI=1S/C8H16ClNO2/c1-2-7(4-6-11)10-8(12)3-5-9/h7,11H,2-6H2,1H3,(H,10,12). The number of hydrogen-bond acceptors (Lipinski definition) is 2. The van der Waals surface area contributed by atoms with Crippen molar-refractivity contribution in [3.05, 3.63) is 0 Å². The second-order valence-corrected chi connectivity index (χ2v) is 3.00. The molecule has 0 aromatic heterocycles. The first-order chi connectivity index (χ1) is 5.74. The molecule has 0 heterocycles. The minimum Gasteiger partial charge on any atom is -0.396 e. The number of aliphatic hydroxyl groups is 1. The van der Waals surface area contributed by atoms with Gasteiger partial charge in [0.2, 0.25) is 5.91 Å². The molecule has 0 aliphatic heterocycles. The Bertz CT molecular complexity index is 130. The van der Waals surface area contributed by atoms with E-state index in [0.717, 1.165) is 6.42 Å². The van der Waals surface area contributed by atoms with Crippen molar-refractivity contribution in [1.29, 1.82) is 0 Å². The monoisotopic (exact) mass is 193 g/mol. The predicted octanol–water partition coefficient (Wildman–Crippen LogP) is 0.892. The fraction of sp³-hybridized carbons (Fsp3) is 0.875. The molecular formula is C8H16ClNO2. The van der Waals surface area contributed by atoms with Crippen LogP contribution in [0.25, 0.3) is 0 Å². The van der Waals surface area contributed by atoms with Gasteiger partial charge in [-0.05, 0) is 12.8 Å². The third-order valence-corrected chi connectivity index (χ3v) is 1.85. The Morgan fingerprint density at radius 3 is 2.75 bits per heavy atom. The van der Waals surface area contributed by atoms with Gasteiger partial charge in [0.15, 0.2) is 0 Å². The summed E-state index contributed by atoms with van der Waals surface area (Å²) in [6.07, 6.45) is 1.81. The Morgan fingerprint density at radius 2 is 2.33 bits per heavy atom. The molecule has 0 aromatic rings. The highest BCUT2D eigenvalue weighted by molar-refractivity contribution is 6.18. The van der Waals surface area contributed by atoms with Gasteiger partial charge in [0, 0.05) is 24.9 Å². The molecule has 0 saturated heterocycles. The quantitative estimate of drug-likeness (QED) is 0.616. The number of hydrogen-bond donors (Lipinski definition) is 2. The van der Waals surface area contributed by atoms with Crippen molar-refractivity contribution in [3.8, 4) is 0 Å². The highest BCUT2D eigenvalue weighted by Gasteiger charge is 2.08. The highest BCUT2D eigenvalue weighted by Crippen LogP contribution is 1.97. The Morgan fingerprint density at radius 1 is 1.67 bits per heavy atom. The Labute approximate surface area is 78.1 Å². The first-order valence-corrected chi connectivity index (χ1v) is 4.74. The molecule has 72 valence electrons. The van der Waals surface area contributed by atoms with Gasteiger partial charge in [0.1, 0.15) is 0 Å². The van der Waals surface area contributed by atoms with Crippen molar-refractivity contribution in [2.24, 2.45) is 0 Å². The Hall–Kier alpha value is -0.280. The van der Waals surface area contributed by atoms with E-state index in [4.69, 9.17) is 16.7 Å². The minimum absolute atomic E-state index is 0.0368. The van der Waals surface area contributed by atoms with Crippen LogP contribution < -0.4 is 5.32 Å². The molecule has 0 radical (unpaired) electrons. The molecule has 0 aliphatic rings. The first kappa shape index (κ1) is 11.7. The van der Waals surface area contributed by atoms with E-state index in [-0.39, 0.29) is 18.6 Å². The molecule has 0 aliphatic carbocycles. The van der Waals surface area contributed by atoms with Crippen molar-refractivity contribution >= 4 is 17.5 Å². The molecule has 1 atom stereocenters. The maximum absolute atomic E-state index is 11.0. The Balaban J connectivity index is 3.61. The van der Waals surface area contributed by atoms with Gasteiger partial charge in [0.05, 0.1) is 0 Å². The van der Waals surface area contributed by atoms with Crippen LogP contribution in [0.5, 0.6) is 0 Å². The lowest BCUT2D eigenvalue weighted by Crippen LogP contribution is -2.35. The average molecular weight is 194 g/mol. The number of amides is 1. The summed E-state index contributed by atoms with van der Waals surface area (Å²) in [5.41, 5.74) is 0.